The van der Waals surface area contributed by atoms with Gasteiger partial charge in [-0.2, -0.15) is 4.98 Å². The van der Waals surface area contributed by atoms with Gasteiger partial charge in [-0.15, -0.1) is 0 Å². The van der Waals surface area contributed by atoms with Gasteiger partial charge in [0.25, 0.3) is 0 Å². The van der Waals surface area contributed by atoms with Gasteiger partial charge in [0.05, 0.1) is 5.41 Å². The summed E-state index contributed by atoms with van der Waals surface area (Å²) in [6, 6.07) is 10.5. The van der Waals surface area contributed by atoms with Crippen molar-refractivity contribution in [3.8, 4) is 0 Å². The molecule has 1 aliphatic carbocycles. The largest absolute Gasteiger partial charge is 0.339 e. The van der Waals surface area contributed by atoms with Gasteiger partial charge in [-0.25, -0.2) is 0 Å². The molecule has 1 fully saturated rings. The first-order valence-corrected chi connectivity index (χ1v) is 7.74. The molecule has 1 aromatic carbocycles. The normalized spacial score (nSPS) is 17.9. The molecular formula is C17H23N3O. The number of benzene rings is 1. The number of aromatic nitrogens is 2. The molecule has 0 bridgehead atoms. The number of nitrogens with two attached hydrogens (primary N) is 1. The molecule has 1 atom stereocenters. The fourth-order valence-electron chi connectivity index (χ4n) is 2.97. The van der Waals surface area contributed by atoms with Gasteiger partial charge in [0.1, 0.15) is 0 Å². The number of rotatable bonds is 6. The molecule has 4 heteroatoms. The molecule has 2 N–H and O–H groups in total. The first-order valence-electron chi connectivity index (χ1n) is 7.74. The quantitative estimate of drug-likeness (QED) is 0.886. The molecule has 1 aliphatic rings. The zero-order valence-corrected chi connectivity index (χ0v) is 12.7. The fraction of sp³-hybridized carbons (Fsp3) is 0.529. The minimum Gasteiger partial charge on any atom is -0.339 e. The SMILES string of the molecule is CC(C)CC(N)Cc1nc(C2(c3ccccc3)CC2)no1. The summed E-state index contributed by atoms with van der Waals surface area (Å²) in [6.07, 6.45) is 3.82. The van der Waals surface area contributed by atoms with E-state index in [4.69, 9.17) is 10.3 Å². The van der Waals surface area contributed by atoms with Crippen molar-refractivity contribution in [2.45, 2.75) is 51.0 Å². The van der Waals surface area contributed by atoms with Crippen LogP contribution in [0.2, 0.25) is 0 Å². The summed E-state index contributed by atoms with van der Waals surface area (Å²) < 4.78 is 5.42. The molecule has 112 valence electrons. The van der Waals surface area contributed by atoms with Crippen LogP contribution >= 0.6 is 0 Å². The monoisotopic (exact) mass is 285 g/mol. The van der Waals surface area contributed by atoms with E-state index in [0.717, 1.165) is 25.1 Å². The van der Waals surface area contributed by atoms with E-state index in [2.05, 4.69) is 48.3 Å². The summed E-state index contributed by atoms with van der Waals surface area (Å²) in [6.45, 7) is 4.35. The zero-order chi connectivity index (χ0) is 14.9. The van der Waals surface area contributed by atoms with Crippen molar-refractivity contribution in [1.82, 2.24) is 10.1 Å². The number of hydrogen-bond acceptors (Lipinski definition) is 4. The van der Waals surface area contributed by atoms with Crippen LogP contribution in [-0.2, 0) is 11.8 Å². The Kier molecular flexibility index (Phi) is 3.81. The molecule has 21 heavy (non-hydrogen) atoms. The lowest BCUT2D eigenvalue weighted by atomic mass is 9.95. The van der Waals surface area contributed by atoms with Gasteiger partial charge < -0.3 is 10.3 Å². The molecule has 0 radical (unpaired) electrons. The Balaban J connectivity index is 1.74. The first-order chi connectivity index (χ1) is 10.1. The molecule has 1 saturated carbocycles. The summed E-state index contributed by atoms with van der Waals surface area (Å²) >= 11 is 0. The molecule has 0 aliphatic heterocycles. The first kappa shape index (κ1) is 14.3. The van der Waals surface area contributed by atoms with Gasteiger partial charge in [0, 0.05) is 12.5 Å². The maximum absolute atomic E-state index is 6.12. The van der Waals surface area contributed by atoms with Crippen LogP contribution in [0.15, 0.2) is 34.9 Å². The Morgan fingerprint density at radius 1 is 1.24 bits per heavy atom. The van der Waals surface area contributed by atoms with E-state index in [9.17, 15) is 0 Å². The molecule has 0 saturated heterocycles. The third-order valence-electron chi connectivity index (χ3n) is 4.18. The van der Waals surface area contributed by atoms with Gasteiger partial charge in [-0.05, 0) is 30.7 Å². The van der Waals surface area contributed by atoms with Crippen LogP contribution < -0.4 is 5.73 Å². The van der Waals surface area contributed by atoms with E-state index in [1.54, 1.807) is 0 Å². The van der Waals surface area contributed by atoms with Crippen molar-refractivity contribution in [3.63, 3.8) is 0 Å². The molecule has 1 unspecified atom stereocenters. The minimum absolute atomic E-state index is 0.0227. The van der Waals surface area contributed by atoms with Crippen LogP contribution in [-0.4, -0.2) is 16.2 Å². The highest BCUT2D eigenvalue weighted by atomic mass is 16.5. The average Bonchev–Trinajstić information content (AvgIpc) is 3.14. The predicted octanol–water partition coefficient (Wildman–Crippen LogP) is 3.07. The van der Waals surface area contributed by atoms with Crippen LogP contribution in [0.1, 0.15) is 50.4 Å². The Morgan fingerprint density at radius 2 is 1.95 bits per heavy atom. The molecule has 1 heterocycles. The third kappa shape index (κ3) is 3.00. The van der Waals surface area contributed by atoms with Gasteiger partial charge in [0.2, 0.25) is 5.89 Å². The molecular weight excluding hydrogens is 262 g/mol. The van der Waals surface area contributed by atoms with Gasteiger partial charge >= 0.3 is 0 Å². The van der Waals surface area contributed by atoms with E-state index in [1.165, 1.54) is 5.56 Å². The molecule has 0 spiro atoms. The smallest absolute Gasteiger partial charge is 0.228 e. The second-order valence-corrected chi connectivity index (χ2v) is 6.55. The second-order valence-electron chi connectivity index (χ2n) is 6.55. The lowest BCUT2D eigenvalue weighted by Gasteiger charge is -2.11. The average molecular weight is 285 g/mol. The van der Waals surface area contributed by atoms with Crippen LogP contribution in [0.25, 0.3) is 0 Å². The van der Waals surface area contributed by atoms with Crippen molar-refractivity contribution in [1.29, 1.82) is 0 Å². The van der Waals surface area contributed by atoms with Crippen molar-refractivity contribution >= 4 is 0 Å². The number of hydrogen-bond donors (Lipinski definition) is 1. The van der Waals surface area contributed by atoms with Crippen molar-refractivity contribution in [2.24, 2.45) is 11.7 Å². The maximum Gasteiger partial charge on any atom is 0.228 e. The Hall–Kier alpha value is -1.68. The van der Waals surface area contributed by atoms with Gasteiger partial charge in [-0.1, -0.05) is 49.3 Å². The van der Waals surface area contributed by atoms with Gasteiger partial charge in [0.15, 0.2) is 5.82 Å². The highest BCUT2D eigenvalue weighted by Crippen LogP contribution is 2.52. The fourth-order valence-corrected chi connectivity index (χ4v) is 2.97. The second kappa shape index (κ2) is 5.60. The highest BCUT2D eigenvalue weighted by molar-refractivity contribution is 5.38. The Labute approximate surface area is 125 Å². The Bertz CT molecular complexity index is 587. The van der Waals surface area contributed by atoms with Crippen LogP contribution in [0.4, 0.5) is 0 Å². The summed E-state index contributed by atoms with van der Waals surface area (Å²) in [5.74, 6) is 2.07. The Morgan fingerprint density at radius 3 is 2.57 bits per heavy atom. The van der Waals surface area contributed by atoms with Crippen LogP contribution in [0.5, 0.6) is 0 Å². The lowest BCUT2D eigenvalue weighted by molar-refractivity contribution is 0.353. The van der Waals surface area contributed by atoms with Crippen molar-refractivity contribution in [2.75, 3.05) is 0 Å². The third-order valence-corrected chi connectivity index (χ3v) is 4.18. The minimum atomic E-state index is -0.0227. The molecule has 2 aromatic rings. The summed E-state index contributed by atoms with van der Waals surface area (Å²) in [5, 5.41) is 4.22. The highest BCUT2D eigenvalue weighted by Gasteiger charge is 2.49. The topological polar surface area (TPSA) is 64.9 Å². The van der Waals surface area contributed by atoms with E-state index >= 15 is 0 Å². The molecule has 4 nitrogen and oxygen atoms in total. The van der Waals surface area contributed by atoms with E-state index in [1.807, 2.05) is 6.07 Å². The van der Waals surface area contributed by atoms with E-state index < -0.39 is 0 Å². The zero-order valence-electron chi connectivity index (χ0n) is 12.7. The summed E-state index contributed by atoms with van der Waals surface area (Å²) in [5.41, 5.74) is 7.38. The van der Waals surface area contributed by atoms with Crippen LogP contribution in [0, 0.1) is 5.92 Å². The van der Waals surface area contributed by atoms with E-state index in [-0.39, 0.29) is 11.5 Å². The van der Waals surface area contributed by atoms with Crippen molar-refractivity contribution < 1.29 is 4.52 Å². The van der Waals surface area contributed by atoms with Crippen LogP contribution in [0.3, 0.4) is 0 Å². The van der Waals surface area contributed by atoms with Gasteiger partial charge in [-0.3, -0.25) is 0 Å². The van der Waals surface area contributed by atoms with E-state index in [0.29, 0.717) is 18.2 Å². The standard InChI is InChI=1S/C17H23N3O/c1-12(2)10-14(18)11-15-19-16(20-21-15)17(8-9-17)13-6-4-3-5-7-13/h3-7,12,14H,8-11,18H2,1-2H3. The summed E-state index contributed by atoms with van der Waals surface area (Å²) in [4.78, 5) is 4.61. The summed E-state index contributed by atoms with van der Waals surface area (Å²) in [7, 11) is 0. The molecule has 0 amide bonds. The lowest BCUT2D eigenvalue weighted by Crippen LogP contribution is -2.24. The predicted molar refractivity (Wildman–Crippen MR) is 81.9 cm³/mol. The molecule has 3 rings (SSSR count). The molecule has 1 aromatic heterocycles. The number of nitrogens with zero attached hydrogens (tertiary/aromatic N) is 2. The van der Waals surface area contributed by atoms with Crippen molar-refractivity contribution in [3.05, 3.63) is 47.6 Å². The maximum atomic E-state index is 6.12.